The van der Waals surface area contributed by atoms with Crippen LogP contribution in [-0.4, -0.2) is 13.7 Å². The molecule has 0 aromatic carbocycles. The minimum atomic E-state index is -3.73. The van der Waals surface area contributed by atoms with Crippen molar-refractivity contribution in [1.82, 2.24) is 0 Å². The maximum absolute atomic E-state index is 11.1. The molecule has 0 spiro atoms. The minimum absolute atomic E-state index is 0. The maximum atomic E-state index is 11.1. The summed E-state index contributed by atoms with van der Waals surface area (Å²) < 4.78 is 29.3. The van der Waals surface area contributed by atoms with Gasteiger partial charge in [0.15, 0.2) is 0 Å². The van der Waals surface area contributed by atoms with E-state index >= 15 is 0 Å². The van der Waals surface area contributed by atoms with E-state index in [1.807, 2.05) is 6.08 Å². The molecule has 0 atom stereocenters. The Morgan fingerprint density at radius 3 is 1.83 bits per heavy atom. The van der Waals surface area contributed by atoms with Crippen LogP contribution in [0.2, 0.25) is 0 Å². The monoisotopic (exact) mass is 352 g/mol. The molecule has 0 radical (unpaired) electrons. The predicted molar refractivity (Wildman–Crippen MR) is 95.5 cm³/mol. The van der Waals surface area contributed by atoms with Gasteiger partial charge in [0, 0.05) is 4.91 Å². The van der Waals surface area contributed by atoms with Crippen LogP contribution < -0.4 is 29.6 Å². The molecule has 1 aliphatic carbocycles. The molecule has 130 valence electrons. The van der Waals surface area contributed by atoms with E-state index in [4.69, 9.17) is 9.11 Å². The summed E-state index contributed by atoms with van der Waals surface area (Å²) in [6, 6.07) is 0. The van der Waals surface area contributed by atoms with Crippen LogP contribution in [0, 0.1) is 0 Å². The van der Waals surface area contributed by atoms with E-state index < -0.39 is 10.9 Å². The van der Waals surface area contributed by atoms with E-state index in [9.17, 15) is 4.55 Å². The molecule has 0 aliphatic heterocycles. The Labute approximate surface area is 166 Å². The van der Waals surface area contributed by atoms with Crippen LogP contribution in [0.25, 0.3) is 0 Å². The fourth-order valence-electron chi connectivity index (χ4n) is 2.93. The Hall–Kier alpha value is 0.710. The quantitative estimate of drug-likeness (QED) is 0.415. The van der Waals surface area contributed by atoms with Gasteiger partial charge in [-0.05, 0) is 25.7 Å². The van der Waals surface area contributed by atoms with Crippen molar-refractivity contribution in [1.29, 1.82) is 0 Å². The van der Waals surface area contributed by atoms with Crippen LogP contribution in [0.15, 0.2) is 22.6 Å². The van der Waals surface area contributed by atoms with Crippen molar-refractivity contribution < 1.29 is 43.2 Å². The van der Waals surface area contributed by atoms with Gasteiger partial charge in [0.25, 0.3) is 0 Å². The van der Waals surface area contributed by atoms with Gasteiger partial charge >= 0.3 is 29.6 Å². The molecule has 0 saturated carbocycles. The second kappa shape index (κ2) is 13.9. The average Bonchev–Trinajstić information content (AvgIpc) is 2.49. The molecule has 0 fully saturated rings. The molecule has 0 heterocycles. The van der Waals surface area contributed by atoms with E-state index in [0.717, 1.165) is 12.8 Å². The number of allylic oxidation sites excluding steroid dienone is 4. The van der Waals surface area contributed by atoms with Gasteiger partial charge in [-0.1, -0.05) is 93.3 Å². The van der Waals surface area contributed by atoms with Crippen molar-refractivity contribution in [3.63, 3.8) is 0 Å². The van der Waals surface area contributed by atoms with Crippen LogP contribution in [0.4, 0.5) is 0 Å². The number of rotatable bonds is 12. The second-order valence-electron chi connectivity index (χ2n) is 6.39. The summed E-state index contributed by atoms with van der Waals surface area (Å²) in [4.78, 5) is 0.263. The van der Waals surface area contributed by atoms with Gasteiger partial charge in [0.05, 0.1) is 0 Å². The minimum Gasteiger partial charge on any atom is -0.769 e. The molecule has 1 aliphatic rings. The van der Waals surface area contributed by atoms with Gasteiger partial charge in [0.1, 0.15) is 0 Å². The standard InChI is InChI=1S/C18H34O3S.Na/c1-2-3-4-5-6-7-8-9-10-11-12-17-13-15-18(16-14-17)22(19,20)21;/h13,15,19-21H,2-12,14,16H2,1H3;/q;+1/p-1. The fraction of sp³-hybridized carbons (Fsp3) is 0.778. The number of unbranched alkanes of at least 4 members (excludes halogenated alkanes) is 9. The van der Waals surface area contributed by atoms with Crippen molar-refractivity contribution >= 4 is 10.9 Å². The van der Waals surface area contributed by atoms with Gasteiger partial charge in [0.2, 0.25) is 0 Å². The molecule has 0 saturated heterocycles. The van der Waals surface area contributed by atoms with E-state index in [-0.39, 0.29) is 34.5 Å². The van der Waals surface area contributed by atoms with E-state index in [0.29, 0.717) is 6.42 Å². The van der Waals surface area contributed by atoms with Crippen molar-refractivity contribution in [2.24, 2.45) is 0 Å². The molecule has 0 aromatic heterocycles. The Kier molecular flexibility index (Phi) is 14.4. The SMILES string of the molecule is CCCCCCCCCCCCC1=CC=C(S([O-])(O)O)CC1.[Na+]. The first-order chi connectivity index (χ1) is 10.5. The Balaban J connectivity index is 0.00000484. The molecule has 3 nitrogen and oxygen atoms in total. The van der Waals surface area contributed by atoms with Gasteiger partial charge < -0.3 is 13.7 Å². The fourth-order valence-corrected chi connectivity index (χ4v) is 3.54. The zero-order valence-electron chi connectivity index (χ0n) is 15.1. The molecule has 0 amide bonds. The summed E-state index contributed by atoms with van der Waals surface area (Å²) >= 11 is 0. The van der Waals surface area contributed by atoms with E-state index in [1.165, 1.54) is 69.8 Å². The second-order valence-corrected chi connectivity index (χ2v) is 7.90. The van der Waals surface area contributed by atoms with Gasteiger partial charge in [-0.15, -0.1) is 0 Å². The third-order valence-corrected chi connectivity index (χ3v) is 5.41. The van der Waals surface area contributed by atoms with Crippen molar-refractivity contribution in [2.75, 3.05) is 0 Å². The van der Waals surface area contributed by atoms with Gasteiger partial charge in [-0.2, -0.15) is 0 Å². The molecular weight excluding hydrogens is 319 g/mol. The van der Waals surface area contributed by atoms with E-state index in [2.05, 4.69) is 6.92 Å². The van der Waals surface area contributed by atoms with Crippen molar-refractivity contribution in [3.05, 3.63) is 22.6 Å². The van der Waals surface area contributed by atoms with Crippen LogP contribution in [0.1, 0.15) is 90.4 Å². The predicted octanol–water partition coefficient (Wildman–Crippen LogP) is 3.79. The molecule has 0 bridgehead atoms. The Bertz CT molecular complexity index is 362. The van der Waals surface area contributed by atoms with Crippen LogP contribution >= 0.6 is 10.9 Å². The van der Waals surface area contributed by atoms with Gasteiger partial charge in [-0.25, -0.2) is 0 Å². The summed E-state index contributed by atoms with van der Waals surface area (Å²) in [7, 11) is -3.73. The topological polar surface area (TPSA) is 63.5 Å². The molecular formula is C18H33NaO3S. The summed E-state index contributed by atoms with van der Waals surface area (Å²) in [6.07, 6.45) is 19.4. The first kappa shape index (κ1) is 23.7. The molecule has 1 rings (SSSR count). The Morgan fingerprint density at radius 1 is 0.870 bits per heavy atom. The Morgan fingerprint density at radius 2 is 1.39 bits per heavy atom. The first-order valence-corrected chi connectivity index (χ1v) is 10.4. The van der Waals surface area contributed by atoms with E-state index in [1.54, 1.807) is 6.08 Å². The maximum Gasteiger partial charge on any atom is 1.00 e. The number of hydrogen-bond donors (Lipinski definition) is 2. The zero-order valence-corrected chi connectivity index (χ0v) is 17.9. The molecule has 0 unspecified atom stereocenters. The van der Waals surface area contributed by atoms with Crippen molar-refractivity contribution in [3.8, 4) is 0 Å². The first-order valence-electron chi connectivity index (χ1n) is 8.91. The molecule has 5 heteroatoms. The average molecular weight is 353 g/mol. The van der Waals surface area contributed by atoms with Crippen LogP contribution in [0.5, 0.6) is 0 Å². The molecule has 23 heavy (non-hydrogen) atoms. The number of hydrogen-bond acceptors (Lipinski definition) is 3. The zero-order chi connectivity index (χ0) is 16.3. The van der Waals surface area contributed by atoms with Crippen LogP contribution in [-0.2, 0) is 0 Å². The summed E-state index contributed by atoms with van der Waals surface area (Å²) in [6.45, 7) is 2.25. The summed E-state index contributed by atoms with van der Waals surface area (Å²) in [5.41, 5.74) is 1.34. The molecule has 0 aromatic rings. The van der Waals surface area contributed by atoms with Crippen LogP contribution in [0.3, 0.4) is 0 Å². The van der Waals surface area contributed by atoms with Crippen molar-refractivity contribution in [2.45, 2.75) is 90.4 Å². The third kappa shape index (κ3) is 11.8. The normalized spacial score (nSPS) is 15.7. The molecule has 2 N–H and O–H groups in total. The summed E-state index contributed by atoms with van der Waals surface area (Å²) in [5.74, 6) is 0. The largest absolute Gasteiger partial charge is 1.00 e. The third-order valence-electron chi connectivity index (χ3n) is 4.39. The smallest absolute Gasteiger partial charge is 0.769 e. The summed E-state index contributed by atoms with van der Waals surface area (Å²) in [5, 5.41) is 0. The van der Waals surface area contributed by atoms with Gasteiger partial charge in [-0.3, -0.25) is 0 Å².